The minimum atomic E-state index is -0.00959. The van der Waals surface area contributed by atoms with Crippen LogP contribution in [0.3, 0.4) is 0 Å². The summed E-state index contributed by atoms with van der Waals surface area (Å²) in [6.45, 7) is 4.30. The fourth-order valence-electron chi connectivity index (χ4n) is 3.12. The van der Waals surface area contributed by atoms with Crippen LogP contribution in [0.2, 0.25) is 0 Å². The Morgan fingerprint density at radius 2 is 1.77 bits per heavy atom. The van der Waals surface area contributed by atoms with Crippen molar-refractivity contribution < 1.29 is 4.79 Å². The summed E-state index contributed by atoms with van der Waals surface area (Å²) in [7, 11) is 1.96. The molecule has 3 N–H and O–H groups in total. The molecule has 0 radical (unpaired) electrons. The van der Waals surface area contributed by atoms with Gasteiger partial charge in [-0.25, -0.2) is 4.98 Å². The average molecular weight is 419 g/mol. The van der Waals surface area contributed by atoms with E-state index in [-0.39, 0.29) is 5.91 Å². The summed E-state index contributed by atoms with van der Waals surface area (Å²) in [5.74, 6) is 1.59. The van der Waals surface area contributed by atoms with E-state index in [0.717, 1.165) is 35.1 Å². The molecule has 0 aliphatic rings. The molecule has 0 unspecified atom stereocenters. The molecular formula is C24H30N6O. The van der Waals surface area contributed by atoms with Crippen LogP contribution in [0.15, 0.2) is 71.9 Å². The molecule has 0 atom stereocenters. The van der Waals surface area contributed by atoms with E-state index in [1.54, 1.807) is 0 Å². The number of benzene rings is 2. The van der Waals surface area contributed by atoms with Crippen LogP contribution in [-0.2, 0) is 17.9 Å². The molecule has 0 saturated carbocycles. The summed E-state index contributed by atoms with van der Waals surface area (Å²) in [5, 5.41) is 6.21. The highest BCUT2D eigenvalue weighted by Crippen LogP contribution is 2.16. The van der Waals surface area contributed by atoms with Crippen molar-refractivity contribution in [1.29, 1.82) is 0 Å². The number of aromatic amines is 1. The summed E-state index contributed by atoms with van der Waals surface area (Å²) < 4.78 is 0. The maximum absolute atomic E-state index is 12.1. The Morgan fingerprint density at radius 1 is 1.06 bits per heavy atom. The largest absolute Gasteiger partial charge is 0.357 e. The number of nitrogens with zero attached hydrogens (tertiary/aromatic N) is 3. The Labute approximate surface area is 183 Å². The number of hydrogen-bond acceptors (Lipinski definition) is 3. The molecule has 7 heteroatoms. The summed E-state index contributed by atoms with van der Waals surface area (Å²) >= 11 is 0. The molecule has 1 heterocycles. The number of rotatable bonds is 9. The van der Waals surface area contributed by atoms with Crippen molar-refractivity contribution in [3.05, 3.63) is 78.2 Å². The number of amides is 1. The molecule has 0 saturated heterocycles. The molecule has 0 fully saturated rings. The van der Waals surface area contributed by atoms with Crippen molar-refractivity contribution in [2.45, 2.75) is 26.4 Å². The fraction of sp³-hybridized carbons (Fsp3) is 0.292. The zero-order valence-electron chi connectivity index (χ0n) is 18.1. The van der Waals surface area contributed by atoms with Crippen LogP contribution in [0.5, 0.6) is 0 Å². The van der Waals surface area contributed by atoms with E-state index in [1.165, 1.54) is 0 Å². The second kappa shape index (κ2) is 11.5. The maximum atomic E-state index is 12.1. The Morgan fingerprint density at radius 3 is 2.48 bits per heavy atom. The average Bonchev–Trinajstić information content (AvgIpc) is 3.27. The lowest BCUT2D eigenvalue weighted by Gasteiger charge is -2.21. The first-order valence-electron chi connectivity index (χ1n) is 10.5. The fourth-order valence-corrected chi connectivity index (χ4v) is 3.12. The lowest BCUT2D eigenvalue weighted by atomic mass is 10.2. The van der Waals surface area contributed by atoms with Crippen molar-refractivity contribution in [1.82, 2.24) is 25.5 Å². The van der Waals surface area contributed by atoms with Gasteiger partial charge in [0.2, 0.25) is 5.91 Å². The summed E-state index contributed by atoms with van der Waals surface area (Å²) in [4.78, 5) is 26.6. The van der Waals surface area contributed by atoms with Crippen molar-refractivity contribution in [3.8, 4) is 11.3 Å². The number of imidazole rings is 1. The molecule has 0 aliphatic heterocycles. The van der Waals surface area contributed by atoms with Gasteiger partial charge in [-0.05, 0) is 18.1 Å². The van der Waals surface area contributed by atoms with Gasteiger partial charge < -0.3 is 20.5 Å². The van der Waals surface area contributed by atoms with E-state index in [9.17, 15) is 4.79 Å². The molecule has 162 valence electrons. The minimum absolute atomic E-state index is 0.00959. The predicted octanol–water partition coefficient (Wildman–Crippen LogP) is 3.18. The Bertz CT molecular complexity index is 968. The van der Waals surface area contributed by atoms with E-state index in [0.29, 0.717) is 26.1 Å². The number of aromatic nitrogens is 2. The highest BCUT2D eigenvalue weighted by molar-refractivity contribution is 5.80. The van der Waals surface area contributed by atoms with Gasteiger partial charge in [-0.15, -0.1) is 0 Å². The molecule has 7 nitrogen and oxygen atoms in total. The number of guanidine groups is 1. The van der Waals surface area contributed by atoms with E-state index in [4.69, 9.17) is 0 Å². The standard InChI is InChI=1S/C24H30N6O/c1-3-25-24(26-15-14-23(31)28-16-19-10-6-4-7-11-19)30(2)18-22-27-17-21(29-22)20-12-8-5-9-13-20/h4-13,17H,3,14-16,18H2,1-2H3,(H,25,26)(H,27,29)(H,28,31). The van der Waals surface area contributed by atoms with E-state index in [2.05, 4.69) is 37.7 Å². The number of H-pyrrole nitrogens is 1. The number of aliphatic imine (C=N–C) groups is 1. The summed E-state index contributed by atoms with van der Waals surface area (Å²) in [6, 6.07) is 20.0. The SMILES string of the molecule is CCNC(=NCCC(=O)NCc1ccccc1)N(C)Cc1ncc(-c2ccccc2)[nH]1. The third kappa shape index (κ3) is 6.99. The third-order valence-electron chi connectivity index (χ3n) is 4.73. The van der Waals surface area contributed by atoms with Crippen LogP contribution in [0, 0.1) is 0 Å². The number of hydrogen-bond donors (Lipinski definition) is 3. The van der Waals surface area contributed by atoms with Gasteiger partial charge in [0.05, 0.1) is 25.0 Å². The first kappa shape index (κ1) is 22.1. The number of carbonyl (C=O) groups excluding carboxylic acids is 1. The molecule has 0 bridgehead atoms. The first-order valence-corrected chi connectivity index (χ1v) is 10.5. The Balaban J connectivity index is 1.51. The van der Waals surface area contributed by atoms with Gasteiger partial charge in [-0.3, -0.25) is 9.79 Å². The molecule has 1 aromatic heterocycles. The lowest BCUT2D eigenvalue weighted by Crippen LogP contribution is -2.39. The molecule has 0 spiro atoms. The quantitative estimate of drug-likeness (QED) is 0.368. The van der Waals surface area contributed by atoms with E-state index >= 15 is 0 Å². The molecule has 31 heavy (non-hydrogen) atoms. The van der Waals surface area contributed by atoms with Gasteiger partial charge in [0.1, 0.15) is 5.82 Å². The van der Waals surface area contributed by atoms with Crippen LogP contribution >= 0.6 is 0 Å². The van der Waals surface area contributed by atoms with Gasteiger partial charge in [-0.2, -0.15) is 0 Å². The molecule has 0 aliphatic carbocycles. The zero-order chi connectivity index (χ0) is 21.9. The van der Waals surface area contributed by atoms with E-state index in [1.807, 2.05) is 73.6 Å². The van der Waals surface area contributed by atoms with Gasteiger partial charge in [0.15, 0.2) is 5.96 Å². The topological polar surface area (TPSA) is 85.4 Å². The third-order valence-corrected chi connectivity index (χ3v) is 4.73. The normalized spacial score (nSPS) is 11.2. The van der Waals surface area contributed by atoms with Crippen LogP contribution in [0.1, 0.15) is 24.7 Å². The molecular weight excluding hydrogens is 388 g/mol. The smallest absolute Gasteiger partial charge is 0.222 e. The number of nitrogens with one attached hydrogen (secondary N) is 3. The lowest BCUT2D eigenvalue weighted by molar-refractivity contribution is -0.121. The second-order valence-electron chi connectivity index (χ2n) is 7.21. The predicted molar refractivity (Wildman–Crippen MR) is 124 cm³/mol. The van der Waals surface area contributed by atoms with E-state index < -0.39 is 0 Å². The van der Waals surface area contributed by atoms with Crippen molar-refractivity contribution in [3.63, 3.8) is 0 Å². The van der Waals surface area contributed by atoms with Crippen LogP contribution in [0.25, 0.3) is 11.3 Å². The van der Waals surface area contributed by atoms with Crippen molar-refractivity contribution in [2.75, 3.05) is 20.1 Å². The summed E-state index contributed by atoms with van der Waals surface area (Å²) in [6.07, 6.45) is 2.19. The van der Waals surface area contributed by atoms with Crippen LogP contribution < -0.4 is 10.6 Å². The second-order valence-corrected chi connectivity index (χ2v) is 7.21. The first-order chi connectivity index (χ1) is 15.2. The highest BCUT2D eigenvalue weighted by Gasteiger charge is 2.10. The maximum Gasteiger partial charge on any atom is 0.222 e. The van der Waals surface area contributed by atoms with Gasteiger partial charge in [0.25, 0.3) is 0 Å². The Kier molecular flexibility index (Phi) is 8.22. The molecule has 3 aromatic rings. The molecule has 1 amide bonds. The van der Waals surface area contributed by atoms with Crippen molar-refractivity contribution >= 4 is 11.9 Å². The highest BCUT2D eigenvalue weighted by atomic mass is 16.1. The van der Waals surface area contributed by atoms with Gasteiger partial charge in [-0.1, -0.05) is 60.7 Å². The number of carbonyl (C=O) groups is 1. The monoisotopic (exact) mass is 418 g/mol. The van der Waals surface area contributed by atoms with Gasteiger partial charge in [0, 0.05) is 26.6 Å². The van der Waals surface area contributed by atoms with Crippen LogP contribution in [-0.4, -0.2) is 46.9 Å². The minimum Gasteiger partial charge on any atom is -0.357 e. The van der Waals surface area contributed by atoms with Crippen molar-refractivity contribution in [2.24, 2.45) is 4.99 Å². The molecule has 3 rings (SSSR count). The Hall–Kier alpha value is -3.61. The van der Waals surface area contributed by atoms with Gasteiger partial charge >= 0.3 is 0 Å². The molecule has 2 aromatic carbocycles. The van der Waals surface area contributed by atoms with Crippen LogP contribution in [0.4, 0.5) is 0 Å². The zero-order valence-corrected chi connectivity index (χ0v) is 18.1. The summed E-state index contributed by atoms with van der Waals surface area (Å²) in [5.41, 5.74) is 3.17.